The summed E-state index contributed by atoms with van der Waals surface area (Å²) in [5.74, 6) is 0.840. The van der Waals surface area contributed by atoms with Crippen molar-refractivity contribution in [2.24, 2.45) is 15.9 Å². The molecule has 8 heteroatoms. The van der Waals surface area contributed by atoms with Crippen molar-refractivity contribution in [2.45, 2.75) is 39.3 Å². The van der Waals surface area contributed by atoms with E-state index >= 15 is 0 Å². The Hall–Kier alpha value is -1.15. The summed E-state index contributed by atoms with van der Waals surface area (Å²) in [6.45, 7) is 7.76. The van der Waals surface area contributed by atoms with Crippen LogP contribution in [-0.4, -0.2) is 49.9 Å². The third-order valence-corrected chi connectivity index (χ3v) is 4.18. The molecule has 0 saturated carbocycles. The van der Waals surface area contributed by atoms with E-state index < -0.39 is 12.8 Å². The molecule has 0 unspecified atom stereocenters. The molecule has 0 aromatic rings. The number of hydrogen-bond acceptors (Lipinski definition) is 3. The topological polar surface area (TPSA) is 37.2 Å². The molecule has 1 aliphatic rings. The van der Waals surface area contributed by atoms with Crippen LogP contribution < -0.4 is 0 Å². The molecule has 1 rings (SSSR count). The van der Waals surface area contributed by atoms with Crippen LogP contribution in [0.15, 0.2) is 32.5 Å². The summed E-state index contributed by atoms with van der Waals surface area (Å²) in [5, 5.41) is 0. The molecule has 0 bridgehead atoms. The zero-order chi connectivity index (χ0) is 19.0. The highest BCUT2D eigenvalue weighted by Gasteiger charge is 2.30. The number of ether oxygens (including phenoxy) is 1. The number of hydrogen-bond donors (Lipinski definition) is 0. The second-order valence-electron chi connectivity index (χ2n) is 5.87. The molecule has 4 nitrogen and oxygen atoms in total. The summed E-state index contributed by atoms with van der Waals surface area (Å²) in [6.07, 6.45) is -0.527. The summed E-state index contributed by atoms with van der Waals surface area (Å²) >= 11 is 3.12. The van der Waals surface area contributed by atoms with Crippen molar-refractivity contribution in [3.63, 3.8) is 0 Å². The van der Waals surface area contributed by atoms with Gasteiger partial charge in [-0.3, -0.25) is 0 Å². The van der Waals surface area contributed by atoms with E-state index in [-0.39, 0.29) is 16.2 Å². The minimum absolute atomic E-state index is 0.0246. The molecule has 1 fully saturated rings. The van der Waals surface area contributed by atoms with E-state index in [1.165, 1.54) is 0 Å². The number of alkyl halides is 3. The smallest absolute Gasteiger partial charge is 0.422 e. The Balaban J connectivity index is 3.15. The fraction of sp³-hybridized carbons (Fsp3) is 0.647. The van der Waals surface area contributed by atoms with E-state index in [1.54, 1.807) is 13.1 Å². The molecule has 25 heavy (non-hydrogen) atoms. The molecule has 1 saturated heterocycles. The molecule has 0 atom stereocenters. The third kappa shape index (κ3) is 7.73. The van der Waals surface area contributed by atoms with Crippen LogP contribution >= 0.6 is 15.9 Å². The Kier molecular flexibility index (Phi) is 8.85. The average Bonchev–Trinajstić information content (AvgIpc) is 2.52. The third-order valence-electron chi connectivity index (χ3n) is 3.82. The van der Waals surface area contributed by atoms with E-state index in [9.17, 15) is 13.2 Å². The zero-order valence-electron chi connectivity index (χ0n) is 14.9. The summed E-state index contributed by atoms with van der Waals surface area (Å²) in [5.41, 5.74) is 0.408. The molecule has 1 aliphatic heterocycles. The largest absolute Gasteiger partial charge is 0.481 e. The molecule has 142 valence electrons. The van der Waals surface area contributed by atoms with Gasteiger partial charge >= 0.3 is 6.18 Å². The number of halogens is 4. The SMILES string of the molecule is C=C(Br)/C(OCC(F)(F)F)=C(CC)/N=C(\N=C/C)C1CCN(C)CC1. The van der Waals surface area contributed by atoms with Crippen LogP contribution in [0.4, 0.5) is 13.2 Å². The van der Waals surface area contributed by atoms with Gasteiger partial charge in [-0.05, 0) is 62.3 Å². The van der Waals surface area contributed by atoms with Gasteiger partial charge in [-0.15, -0.1) is 0 Å². The van der Waals surface area contributed by atoms with Crippen LogP contribution in [0.3, 0.4) is 0 Å². The molecular weight excluding hydrogens is 399 g/mol. The second kappa shape index (κ2) is 10.1. The van der Waals surface area contributed by atoms with Crippen LogP contribution in [-0.2, 0) is 4.74 Å². The summed E-state index contributed by atoms with van der Waals surface area (Å²) in [4.78, 5) is 11.1. The Labute approximate surface area is 155 Å². The lowest BCUT2D eigenvalue weighted by molar-refractivity contribution is -0.164. The van der Waals surface area contributed by atoms with E-state index in [4.69, 9.17) is 4.74 Å². The number of likely N-dealkylation sites (tertiary alicyclic amines) is 1. The predicted octanol–water partition coefficient (Wildman–Crippen LogP) is 4.93. The first-order valence-corrected chi connectivity index (χ1v) is 9.00. The predicted molar refractivity (Wildman–Crippen MR) is 99.2 cm³/mol. The minimum atomic E-state index is -4.42. The van der Waals surface area contributed by atoms with E-state index in [2.05, 4.69) is 44.4 Å². The normalized spacial score (nSPS) is 19.2. The maximum absolute atomic E-state index is 12.5. The van der Waals surface area contributed by atoms with Crippen molar-refractivity contribution in [2.75, 3.05) is 26.7 Å². The molecule has 0 aromatic heterocycles. The van der Waals surface area contributed by atoms with Crippen molar-refractivity contribution in [3.8, 4) is 0 Å². The van der Waals surface area contributed by atoms with Crippen LogP contribution in [0.2, 0.25) is 0 Å². The maximum Gasteiger partial charge on any atom is 0.422 e. The Morgan fingerprint density at radius 1 is 1.36 bits per heavy atom. The van der Waals surface area contributed by atoms with Crippen molar-refractivity contribution in [3.05, 3.63) is 22.5 Å². The van der Waals surface area contributed by atoms with Gasteiger partial charge in [-0.25, -0.2) is 9.98 Å². The van der Waals surface area contributed by atoms with Crippen LogP contribution in [0.25, 0.3) is 0 Å². The van der Waals surface area contributed by atoms with Crippen LogP contribution in [0.1, 0.15) is 33.1 Å². The molecule has 0 N–H and O–H groups in total. The quantitative estimate of drug-likeness (QED) is 0.263. The van der Waals surface area contributed by atoms with Crippen molar-refractivity contribution < 1.29 is 17.9 Å². The van der Waals surface area contributed by atoms with Gasteiger partial charge < -0.3 is 9.64 Å². The highest BCUT2D eigenvalue weighted by atomic mass is 79.9. The second-order valence-corrected chi connectivity index (χ2v) is 6.83. The van der Waals surface area contributed by atoms with Crippen LogP contribution in [0, 0.1) is 5.92 Å². The standard InChI is InChI=1S/C17H25BrF3N3O/c1-5-14(15(12(3)18)25-11-17(19,20)21)23-16(22-6-2)13-7-9-24(4)10-8-13/h6,13H,3,5,7-11H2,1-2,4H3/b15-14-,22-6-,23-16-. The molecule has 0 amide bonds. The molecule has 1 heterocycles. The number of nitrogens with zero attached hydrogens (tertiary/aromatic N) is 3. The molecule has 0 aliphatic carbocycles. The van der Waals surface area contributed by atoms with Crippen molar-refractivity contribution in [1.82, 2.24) is 4.90 Å². The monoisotopic (exact) mass is 423 g/mol. The molecule has 0 radical (unpaired) electrons. The van der Waals surface area contributed by atoms with Gasteiger partial charge in [0.15, 0.2) is 12.4 Å². The van der Waals surface area contributed by atoms with Crippen molar-refractivity contribution in [1.29, 1.82) is 0 Å². The molecule has 0 aromatic carbocycles. The number of allylic oxidation sites excluding steroid dienone is 2. The first-order chi connectivity index (χ1) is 11.7. The van der Waals surface area contributed by atoms with E-state index in [0.29, 0.717) is 18.0 Å². The number of piperidine rings is 1. The van der Waals surface area contributed by atoms with Gasteiger partial charge in [0, 0.05) is 12.1 Å². The lowest BCUT2D eigenvalue weighted by Crippen LogP contribution is -2.33. The van der Waals surface area contributed by atoms with Gasteiger partial charge in [-0.2, -0.15) is 13.2 Å². The van der Waals surface area contributed by atoms with Gasteiger partial charge in [0.2, 0.25) is 0 Å². The maximum atomic E-state index is 12.5. The molecular formula is C17H25BrF3N3O. The number of amidine groups is 1. The van der Waals surface area contributed by atoms with Gasteiger partial charge in [0.05, 0.1) is 10.2 Å². The Morgan fingerprint density at radius 3 is 2.40 bits per heavy atom. The molecule has 0 spiro atoms. The van der Waals surface area contributed by atoms with Gasteiger partial charge in [0.1, 0.15) is 5.84 Å². The fourth-order valence-corrected chi connectivity index (χ4v) is 2.87. The van der Waals surface area contributed by atoms with E-state index in [0.717, 1.165) is 25.9 Å². The van der Waals surface area contributed by atoms with Crippen molar-refractivity contribution >= 4 is 28.0 Å². The Morgan fingerprint density at radius 2 is 1.96 bits per heavy atom. The first kappa shape index (κ1) is 21.9. The highest BCUT2D eigenvalue weighted by molar-refractivity contribution is 9.11. The lowest BCUT2D eigenvalue weighted by atomic mass is 9.96. The minimum Gasteiger partial charge on any atom is -0.481 e. The average molecular weight is 424 g/mol. The summed E-state index contributed by atoms with van der Waals surface area (Å²) in [7, 11) is 2.06. The zero-order valence-corrected chi connectivity index (χ0v) is 16.5. The van der Waals surface area contributed by atoms with Crippen LogP contribution in [0.5, 0.6) is 0 Å². The first-order valence-electron chi connectivity index (χ1n) is 8.21. The van der Waals surface area contributed by atoms with E-state index in [1.807, 2.05) is 6.92 Å². The van der Waals surface area contributed by atoms with Gasteiger partial charge in [0.25, 0.3) is 0 Å². The fourth-order valence-electron chi connectivity index (χ4n) is 2.53. The Bertz CT molecular complexity index is 548. The lowest BCUT2D eigenvalue weighted by Gasteiger charge is -2.28. The summed E-state index contributed by atoms with van der Waals surface area (Å²) in [6, 6.07) is 0. The highest BCUT2D eigenvalue weighted by Crippen LogP contribution is 2.28. The number of rotatable bonds is 6. The van der Waals surface area contributed by atoms with Gasteiger partial charge in [-0.1, -0.05) is 13.5 Å². The number of aliphatic imine (C=N–C) groups is 2. The summed E-state index contributed by atoms with van der Waals surface area (Å²) < 4.78 is 42.7.